The zero-order valence-corrected chi connectivity index (χ0v) is 13.0. The van der Waals surface area contributed by atoms with Crippen molar-refractivity contribution in [2.45, 2.75) is 5.38 Å². The number of Topliss-reactive ketones (excluding diaryl/α,β-unsaturated/α-hetero) is 1. The highest BCUT2D eigenvalue weighted by atomic mass is 35.5. The summed E-state index contributed by atoms with van der Waals surface area (Å²) in [5, 5.41) is 11.9. The van der Waals surface area contributed by atoms with E-state index in [4.69, 9.17) is 23.2 Å². The number of carbonyl (C=O) groups excluding carboxylic acids is 2. The van der Waals surface area contributed by atoms with E-state index in [1.165, 1.54) is 24.3 Å². The van der Waals surface area contributed by atoms with Crippen molar-refractivity contribution in [1.29, 1.82) is 0 Å². The summed E-state index contributed by atoms with van der Waals surface area (Å²) in [7, 11) is 0. The first-order valence-corrected chi connectivity index (χ1v) is 7.19. The highest BCUT2D eigenvalue weighted by molar-refractivity contribution is 6.45. The molecule has 0 heterocycles. The number of nitrogens with one attached hydrogen (secondary N) is 1. The Morgan fingerprint density at radius 2 is 1.70 bits per heavy atom. The maximum Gasteiger partial charge on any atom is 0.269 e. The first-order chi connectivity index (χ1) is 10.9. The van der Waals surface area contributed by atoms with Gasteiger partial charge in [-0.05, 0) is 24.3 Å². The van der Waals surface area contributed by atoms with Gasteiger partial charge in [0.05, 0.1) is 15.6 Å². The third-order valence-corrected chi connectivity index (χ3v) is 3.68. The summed E-state index contributed by atoms with van der Waals surface area (Å²) < 4.78 is 0. The zero-order chi connectivity index (χ0) is 17.0. The summed E-state index contributed by atoms with van der Waals surface area (Å²) in [6.45, 7) is 0. The van der Waals surface area contributed by atoms with Gasteiger partial charge >= 0.3 is 0 Å². The number of anilines is 1. The van der Waals surface area contributed by atoms with E-state index in [2.05, 4.69) is 5.32 Å². The van der Waals surface area contributed by atoms with Crippen molar-refractivity contribution in [3.05, 3.63) is 69.2 Å². The standard InChI is InChI=1S/C15H10Cl2N2O4/c16-11-3-1-2-4-12(11)18-15(21)13(17)14(20)9-5-7-10(8-6-9)19(22)23/h1-8,13H,(H,18,21)/t13-/m1/s1. The van der Waals surface area contributed by atoms with Gasteiger partial charge in [-0.15, -0.1) is 11.6 Å². The van der Waals surface area contributed by atoms with Gasteiger partial charge in [0.2, 0.25) is 5.91 Å². The first kappa shape index (κ1) is 16.9. The Bertz CT molecular complexity index is 762. The lowest BCUT2D eigenvalue weighted by Crippen LogP contribution is -2.30. The number of hydrogen-bond donors (Lipinski definition) is 1. The summed E-state index contributed by atoms with van der Waals surface area (Å²) in [6, 6.07) is 11.3. The van der Waals surface area contributed by atoms with E-state index in [1.807, 2.05) is 0 Å². The Hall–Kier alpha value is -2.44. The highest BCUT2D eigenvalue weighted by Gasteiger charge is 2.26. The molecule has 8 heteroatoms. The van der Waals surface area contributed by atoms with Gasteiger partial charge in [0.15, 0.2) is 11.2 Å². The third kappa shape index (κ3) is 4.06. The van der Waals surface area contributed by atoms with Crippen LogP contribution in [-0.4, -0.2) is 22.0 Å². The molecular weight excluding hydrogens is 343 g/mol. The normalized spacial score (nSPS) is 11.6. The molecule has 23 heavy (non-hydrogen) atoms. The number of nitrogens with zero attached hydrogens (tertiary/aromatic N) is 1. The van der Waals surface area contributed by atoms with Crippen LogP contribution in [-0.2, 0) is 4.79 Å². The number of para-hydroxylation sites is 1. The van der Waals surface area contributed by atoms with E-state index in [9.17, 15) is 19.7 Å². The quantitative estimate of drug-likeness (QED) is 0.292. The molecule has 2 aromatic carbocycles. The van der Waals surface area contributed by atoms with Gasteiger partial charge in [0.1, 0.15) is 0 Å². The van der Waals surface area contributed by atoms with Crippen LogP contribution in [0, 0.1) is 10.1 Å². The minimum Gasteiger partial charge on any atom is -0.323 e. The molecule has 0 fully saturated rings. The molecule has 0 aliphatic heterocycles. The van der Waals surface area contributed by atoms with Crippen LogP contribution in [0.3, 0.4) is 0 Å². The summed E-state index contributed by atoms with van der Waals surface area (Å²) in [5.74, 6) is -1.39. The van der Waals surface area contributed by atoms with E-state index in [-0.39, 0.29) is 11.3 Å². The number of amides is 1. The minimum absolute atomic E-state index is 0.102. The summed E-state index contributed by atoms with van der Waals surface area (Å²) in [4.78, 5) is 34.2. The van der Waals surface area contributed by atoms with E-state index in [0.717, 1.165) is 0 Å². The number of hydrogen-bond acceptors (Lipinski definition) is 4. The number of carbonyl (C=O) groups is 2. The van der Waals surface area contributed by atoms with Crippen molar-refractivity contribution in [3.8, 4) is 0 Å². The lowest BCUT2D eigenvalue weighted by molar-refractivity contribution is -0.384. The molecule has 118 valence electrons. The Balaban J connectivity index is 2.11. The predicted molar refractivity (Wildman–Crippen MR) is 87.1 cm³/mol. The smallest absolute Gasteiger partial charge is 0.269 e. The molecule has 0 saturated carbocycles. The van der Waals surface area contributed by atoms with Gasteiger partial charge in [-0.3, -0.25) is 19.7 Å². The van der Waals surface area contributed by atoms with Gasteiger partial charge in [-0.1, -0.05) is 23.7 Å². The molecule has 0 bridgehead atoms. The fraction of sp³-hybridized carbons (Fsp3) is 0.0667. The molecule has 0 aromatic heterocycles. The fourth-order valence-electron chi connectivity index (χ4n) is 1.77. The van der Waals surface area contributed by atoms with Crippen molar-refractivity contribution >= 4 is 46.3 Å². The third-order valence-electron chi connectivity index (χ3n) is 2.95. The molecule has 0 saturated heterocycles. The summed E-state index contributed by atoms with van der Waals surface area (Å²) in [5.41, 5.74) is 0.277. The molecule has 1 atom stereocenters. The molecule has 0 spiro atoms. The number of benzene rings is 2. The average molecular weight is 353 g/mol. The number of ketones is 1. The van der Waals surface area contributed by atoms with Crippen molar-refractivity contribution in [2.75, 3.05) is 5.32 Å². The second-order valence-corrected chi connectivity index (χ2v) is 5.34. The van der Waals surface area contributed by atoms with Crippen LogP contribution >= 0.6 is 23.2 Å². The monoisotopic (exact) mass is 352 g/mol. The van der Waals surface area contributed by atoms with Crippen molar-refractivity contribution < 1.29 is 14.5 Å². The zero-order valence-electron chi connectivity index (χ0n) is 11.5. The van der Waals surface area contributed by atoms with Gasteiger partial charge in [0, 0.05) is 17.7 Å². The Kier molecular flexibility index (Phi) is 5.31. The summed E-state index contributed by atoms with van der Waals surface area (Å²) in [6.07, 6.45) is 0. The van der Waals surface area contributed by atoms with Crippen LogP contribution in [0.1, 0.15) is 10.4 Å². The molecule has 2 rings (SSSR count). The Morgan fingerprint density at radius 1 is 1.09 bits per heavy atom. The molecular formula is C15H10Cl2N2O4. The average Bonchev–Trinajstić information content (AvgIpc) is 2.55. The molecule has 0 aliphatic carbocycles. The SMILES string of the molecule is O=C(Nc1ccccc1Cl)[C@H](Cl)C(=O)c1ccc([N+](=O)[O-])cc1. The van der Waals surface area contributed by atoms with E-state index < -0.39 is 22.0 Å². The number of nitro groups is 1. The number of non-ortho nitro benzene ring substituents is 1. The second-order valence-electron chi connectivity index (χ2n) is 4.50. The largest absolute Gasteiger partial charge is 0.323 e. The maximum atomic E-state index is 12.1. The molecule has 0 aliphatic rings. The Morgan fingerprint density at radius 3 is 2.26 bits per heavy atom. The van der Waals surface area contributed by atoms with E-state index in [0.29, 0.717) is 10.7 Å². The van der Waals surface area contributed by atoms with Gasteiger partial charge in [0.25, 0.3) is 5.69 Å². The number of alkyl halides is 1. The van der Waals surface area contributed by atoms with Crippen molar-refractivity contribution in [2.24, 2.45) is 0 Å². The molecule has 6 nitrogen and oxygen atoms in total. The minimum atomic E-state index is -1.48. The molecule has 0 radical (unpaired) electrons. The van der Waals surface area contributed by atoms with Crippen LogP contribution in [0.15, 0.2) is 48.5 Å². The van der Waals surface area contributed by atoms with Crippen LogP contribution in [0.2, 0.25) is 5.02 Å². The van der Waals surface area contributed by atoms with E-state index >= 15 is 0 Å². The van der Waals surface area contributed by atoms with Crippen LogP contribution in [0.25, 0.3) is 0 Å². The number of rotatable bonds is 5. The lowest BCUT2D eigenvalue weighted by Gasteiger charge is -2.11. The molecule has 1 N–H and O–H groups in total. The van der Waals surface area contributed by atoms with Crippen LogP contribution in [0.5, 0.6) is 0 Å². The second kappa shape index (κ2) is 7.21. The van der Waals surface area contributed by atoms with Crippen molar-refractivity contribution in [3.63, 3.8) is 0 Å². The lowest BCUT2D eigenvalue weighted by atomic mass is 10.1. The van der Waals surface area contributed by atoms with E-state index in [1.54, 1.807) is 24.3 Å². The predicted octanol–water partition coefficient (Wildman–Crippen LogP) is 3.68. The van der Waals surface area contributed by atoms with Crippen molar-refractivity contribution in [1.82, 2.24) is 0 Å². The first-order valence-electron chi connectivity index (χ1n) is 6.38. The van der Waals surface area contributed by atoms with Gasteiger partial charge in [-0.25, -0.2) is 0 Å². The number of halogens is 2. The Labute approximate surface area is 141 Å². The van der Waals surface area contributed by atoms with Crippen LogP contribution < -0.4 is 5.32 Å². The molecule has 0 unspecified atom stereocenters. The molecule has 2 aromatic rings. The topological polar surface area (TPSA) is 89.3 Å². The fourth-order valence-corrected chi connectivity index (χ4v) is 2.13. The van der Waals surface area contributed by atoms with Gasteiger partial charge < -0.3 is 5.32 Å². The molecule has 1 amide bonds. The maximum absolute atomic E-state index is 12.1. The van der Waals surface area contributed by atoms with Crippen LogP contribution in [0.4, 0.5) is 11.4 Å². The summed E-state index contributed by atoms with van der Waals surface area (Å²) >= 11 is 11.8. The number of nitro benzene ring substituents is 1. The van der Waals surface area contributed by atoms with Gasteiger partial charge in [-0.2, -0.15) is 0 Å². The highest BCUT2D eigenvalue weighted by Crippen LogP contribution is 2.22.